The Labute approximate surface area is 175 Å². The number of benzene rings is 4. The molecule has 0 radical (unpaired) electrons. The fourth-order valence-electron chi connectivity index (χ4n) is 4.31. The third kappa shape index (κ3) is 3.76. The predicted octanol–water partition coefficient (Wildman–Crippen LogP) is 5.64. The van der Waals surface area contributed by atoms with Crippen molar-refractivity contribution in [2.45, 2.75) is 19.5 Å². The van der Waals surface area contributed by atoms with E-state index in [9.17, 15) is 0 Å². The molecule has 0 amide bonds. The SMILES string of the molecule is C[C@@H](c1ccccc1)N(c1ccccc1)[Si](C)(c1ccccc1)c1ccccc1. The molecule has 4 rings (SSSR count). The highest BCUT2D eigenvalue weighted by atomic mass is 28.3. The van der Waals surface area contributed by atoms with E-state index in [0.717, 1.165) is 0 Å². The zero-order valence-corrected chi connectivity index (χ0v) is 18.1. The fraction of sp³-hybridized carbons (Fsp3) is 0.111. The highest BCUT2D eigenvalue weighted by molar-refractivity contribution is 7.03. The average molecular weight is 394 g/mol. The average Bonchev–Trinajstić information content (AvgIpc) is 2.81. The quantitative estimate of drug-likeness (QED) is 0.383. The molecular weight excluding hydrogens is 366 g/mol. The van der Waals surface area contributed by atoms with Gasteiger partial charge in [0.15, 0.2) is 0 Å². The first kappa shape index (κ1) is 19.2. The minimum Gasteiger partial charge on any atom is -0.383 e. The zero-order chi connectivity index (χ0) is 20.1. The van der Waals surface area contributed by atoms with E-state index in [-0.39, 0.29) is 6.04 Å². The summed E-state index contributed by atoms with van der Waals surface area (Å²) in [4.78, 5) is 0. The molecule has 1 atom stereocenters. The Morgan fingerprint density at radius 1 is 0.552 bits per heavy atom. The van der Waals surface area contributed by atoms with Gasteiger partial charge in [-0.3, -0.25) is 0 Å². The van der Waals surface area contributed by atoms with Gasteiger partial charge in [-0.1, -0.05) is 109 Å². The zero-order valence-electron chi connectivity index (χ0n) is 17.1. The van der Waals surface area contributed by atoms with Gasteiger partial charge in [-0.15, -0.1) is 0 Å². The van der Waals surface area contributed by atoms with E-state index >= 15 is 0 Å². The third-order valence-electron chi connectivity index (χ3n) is 5.86. The lowest BCUT2D eigenvalue weighted by atomic mass is 10.1. The van der Waals surface area contributed by atoms with Crippen LogP contribution in [0.15, 0.2) is 121 Å². The summed E-state index contributed by atoms with van der Waals surface area (Å²) in [5, 5.41) is 2.83. The molecule has 2 heteroatoms. The molecule has 0 saturated heterocycles. The molecule has 0 aromatic heterocycles. The fourth-order valence-corrected chi connectivity index (χ4v) is 8.47. The summed E-state index contributed by atoms with van der Waals surface area (Å²) in [6.45, 7) is 4.81. The van der Waals surface area contributed by atoms with Crippen LogP contribution in [0.2, 0.25) is 6.55 Å². The largest absolute Gasteiger partial charge is 0.383 e. The number of rotatable bonds is 6. The lowest BCUT2D eigenvalue weighted by molar-refractivity contribution is 0.797. The van der Waals surface area contributed by atoms with Crippen LogP contribution in [-0.4, -0.2) is 8.24 Å². The molecule has 0 spiro atoms. The molecule has 0 aliphatic carbocycles. The highest BCUT2D eigenvalue weighted by Gasteiger charge is 2.41. The number of hydrogen-bond acceptors (Lipinski definition) is 1. The summed E-state index contributed by atoms with van der Waals surface area (Å²) >= 11 is 0. The maximum absolute atomic E-state index is 2.69. The molecule has 0 bridgehead atoms. The van der Waals surface area contributed by atoms with Gasteiger partial charge in [0.25, 0.3) is 0 Å². The summed E-state index contributed by atoms with van der Waals surface area (Å²) in [5.41, 5.74) is 2.60. The second kappa shape index (κ2) is 8.50. The smallest absolute Gasteiger partial charge is 0.217 e. The van der Waals surface area contributed by atoms with Gasteiger partial charge < -0.3 is 4.57 Å². The standard InChI is InChI=1S/C27H27NSi/c1-23(24-15-7-3-8-16-24)28(25-17-9-4-10-18-25)29(2,26-19-11-5-12-20-26)27-21-13-6-14-22-27/h3-23H,1-2H3/t23-/m0/s1. The Hall–Kier alpha value is -3.10. The minimum absolute atomic E-state index is 0.246. The number of para-hydroxylation sites is 1. The van der Waals surface area contributed by atoms with Crippen molar-refractivity contribution in [2.75, 3.05) is 4.57 Å². The van der Waals surface area contributed by atoms with Crippen LogP contribution in [0.1, 0.15) is 18.5 Å². The second-order valence-corrected chi connectivity index (χ2v) is 11.4. The maximum Gasteiger partial charge on any atom is 0.217 e. The lowest BCUT2D eigenvalue weighted by Gasteiger charge is -2.46. The van der Waals surface area contributed by atoms with Crippen LogP contribution in [0.4, 0.5) is 5.69 Å². The van der Waals surface area contributed by atoms with Gasteiger partial charge >= 0.3 is 0 Å². The van der Waals surface area contributed by atoms with Crippen LogP contribution in [0.5, 0.6) is 0 Å². The van der Waals surface area contributed by atoms with Crippen molar-refractivity contribution >= 4 is 24.3 Å². The van der Waals surface area contributed by atoms with Crippen molar-refractivity contribution in [1.29, 1.82) is 0 Å². The van der Waals surface area contributed by atoms with Crippen molar-refractivity contribution in [3.05, 3.63) is 127 Å². The Kier molecular flexibility index (Phi) is 5.63. The molecule has 0 heterocycles. The molecule has 4 aromatic carbocycles. The number of hydrogen-bond donors (Lipinski definition) is 0. The van der Waals surface area contributed by atoms with Crippen molar-refractivity contribution in [1.82, 2.24) is 0 Å². The molecule has 4 aromatic rings. The normalized spacial score (nSPS) is 12.3. The first-order chi connectivity index (χ1) is 14.2. The van der Waals surface area contributed by atoms with Crippen LogP contribution < -0.4 is 14.9 Å². The van der Waals surface area contributed by atoms with Gasteiger partial charge in [0.05, 0.1) is 0 Å². The van der Waals surface area contributed by atoms with Gasteiger partial charge in [-0.05, 0) is 41.5 Å². The van der Waals surface area contributed by atoms with E-state index < -0.39 is 8.24 Å². The van der Waals surface area contributed by atoms with E-state index in [1.807, 2.05) is 0 Å². The lowest BCUT2D eigenvalue weighted by Crippen LogP contribution is -2.69. The van der Waals surface area contributed by atoms with Gasteiger partial charge in [-0.25, -0.2) is 0 Å². The van der Waals surface area contributed by atoms with Crippen LogP contribution in [-0.2, 0) is 0 Å². The molecular formula is C27H27NSi. The molecule has 29 heavy (non-hydrogen) atoms. The topological polar surface area (TPSA) is 3.24 Å². The van der Waals surface area contributed by atoms with Gasteiger partial charge in [-0.2, -0.15) is 0 Å². The second-order valence-electron chi connectivity index (χ2n) is 7.60. The van der Waals surface area contributed by atoms with Gasteiger partial charge in [0, 0.05) is 11.7 Å². The summed E-state index contributed by atoms with van der Waals surface area (Å²) < 4.78 is 2.69. The summed E-state index contributed by atoms with van der Waals surface area (Å²) in [6, 6.07) is 44.0. The highest BCUT2D eigenvalue weighted by Crippen LogP contribution is 2.32. The molecule has 1 nitrogen and oxygen atoms in total. The van der Waals surface area contributed by atoms with Gasteiger partial charge in [0.1, 0.15) is 0 Å². The Morgan fingerprint density at radius 3 is 1.38 bits per heavy atom. The summed E-state index contributed by atoms with van der Waals surface area (Å²) in [7, 11) is -2.28. The van der Waals surface area contributed by atoms with Crippen molar-refractivity contribution in [3.63, 3.8) is 0 Å². The number of nitrogens with zero attached hydrogens (tertiary/aromatic N) is 1. The maximum atomic E-state index is 2.69. The molecule has 0 unspecified atom stereocenters. The van der Waals surface area contributed by atoms with E-state index in [0.29, 0.717) is 0 Å². The van der Waals surface area contributed by atoms with Crippen LogP contribution >= 0.6 is 0 Å². The monoisotopic (exact) mass is 393 g/mol. The molecule has 0 aliphatic rings. The van der Waals surface area contributed by atoms with E-state index in [2.05, 4.69) is 139 Å². The molecule has 144 valence electrons. The Morgan fingerprint density at radius 2 is 0.931 bits per heavy atom. The predicted molar refractivity (Wildman–Crippen MR) is 128 cm³/mol. The van der Waals surface area contributed by atoms with Crippen molar-refractivity contribution in [3.8, 4) is 0 Å². The van der Waals surface area contributed by atoms with Crippen LogP contribution in [0.3, 0.4) is 0 Å². The van der Waals surface area contributed by atoms with Crippen LogP contribution in [0, 0.1) is 0 Å². The molecule has 0 aliphatic heterocycles. The van der Waals surface area contributed by atoms with Crippen molar-refractivity contribution in [2.24, 2.45) is 0 Å². The number of anilines is 1. The van der Waals surface area contributed by atoms with E-state index in [4.69, 9.17) is 0 Å². The van der Waals surface area contributed by atoms with E-state index in [1.54, 1.807) is 0 Å². The minimum atomic E-state index is -2.28. The van der Waals surface area contributed by atoms with Crippen LogP contribution in [0.25, 0.3) is 0 Å². The summed E-state index contributed by atoms with van der Waals surface area (Å²) in [5.74, 6) is 0. The molecule has 0 N–H and O–H groups in total. The van der Waals surface area contributed by atoms with E-state index in [1.165, 1.54) is 21.6 Å². The first-order valence-electron chi connectivity index (χ1n) is 10.2. The summed E-state index contributed by atoms with van der Waals surface area (Å²) in [6.07, 6.45) is 0. The van der Waals surface area contributed by atoms with Crippen molar-refractivity contribution < 1.29 is 0 Å². The first-order valence-corrected chi connectivity index (χ1v) is 12.7. The third-order valence-corrected chi connectivity index (χ3v) is 10.4. The molecule has 0 saturated carbocycles. The van der Waals surface area contributed by atoms with Gasteiger partial charge in [0.2, 0.25) is 8.24 Å². The molecule has 0 fully saturated rings. The Bertz CT molecular complexity index is 978. The Balaban J connectivity index is 1.97.